The van der Waals surface area contributed by atoms with Gasteiger partial charge in [0.2, 0.25) is 15.9 Å². The molecule has 10 heteroatoms. The van der Waals surface area contributed by atoms with E-state index in [-0.39, 0.29) is 30.1 Å². The highest BCUT2D eigenvalue weighted by Crippen LogP contribution is 2.38. The predicted molar refractivity (Wildman–Crippen MR) is 202 cm³/mol. The first-order valence-electron chi connectivity index (χ1n) is 17.4. The van der Waals surface area contributed by atoms with Crippen LogP contribution in [0, 0.1) is 6.92 Å². The highest BCUT2D eigenvalue weighted by Gasteiger charge is 2.33. The summed E-state index contributed by atoms with van der Waals surface area (Å²) in [5.74, 6) is -0.481. The molecule has 1 aliphatic heterocycles. The Morgan fingerprint density at radius 3 is 2.04 bits per heavy atom. The zero-order valence-electron chi connectivity index (χ0n) is 29.4. The lowest BCUT2D eigenvalue weighted by atomic mass is 9.99. The van der Waals surface area contributed by atoms with Crippen molar-refractivity contribution in [3.8, 4) is 0 Å². The fraction of sp³-hybridized carbons (Fsp3) is 0.262. The lowest BCUT2D eigenvalue weighted by molar-refractivity contribution is -0.252. The fourth-order valence-corrected chi connectivity index (χ4v) is 7.50. The van der Waals surface area contributed by atoms with Crippen LogP contribution in [0.4, 0.5) is 5.69 Å². The molecule has 4 atom stereocenters. The minimum Gasteiger partial charge on any atom is -0.392 e. The van der Waals surface area contributed by atoms with Gasteiger partial charge in [-0.2, -0.15) is 4.72 Å². The summed E-state index contributed by atoms with van der Waals surface area (Å²) < 4.78 is 42.4. The molecule has 1 fully saturated rings. The molecule has 0 aliphatic carbocycles. The number of aliphatic hydroxyl groups excluding tert-OH is 1. The number of ether oxygens (including phenoxy) is 2. The predicted octanol–water partition coefficient (Wildman–Crippen LogP) is 6.69. The van der Waals surface area contributed by atoms with E-state index in [2.05, 4.69) is 34.1 Å². The number of aliphatic hydroxyl groups is 1. The molecule has 270 valence electrons. The highest BCUT2D eigenvalue weighted by molar-refractivity contribution is 7.89. The largest absolute Gasteiger partial charge is 0.392 e. The molecule has 5 aromatic carbocycles. The average molecular weight is 720 g/mol. The van der Waals surface area contributed by atoms with E-state index in [4.69, 9.17) is 9.47 Å². The van der Waals surface area contributed by atoms with Gasteiger partial charge < -0.3 is 19.9 Å². The first kappa shape index (κ1) is 37.1. The Morgan fingerprint density at radius 2 is 1.40 bits per heavy atom. The normalized spacial score (nSPS) is 18.2. The van der Waals surface area contributed by atoms with Crippen LogP contribution in [-0.4, -0.2) is 50.1 Å². The summed E-state index contributed by atoms with van der Waals surface area (Å²) in [7, 11) is -1.90. The Hall–Kier alpha value is -4.68. The van der Waals surface area contributed by atoms with Gasteiger partial charge in [0.05, 0.1) is 23.7 Å². The summed E-state index contributed by atoms with van der Waals surface area (Å²) in [6.07, 6.45) is -0.205. The maximum Gasteiger partial charge on any atom is 0.242 e. The van der Waals surface area contributed by atoms with Gasteiger partial charge in [0.15, 0.2) is 6.29 Å². The number of likely N-dealkylation sites (N-methyl/N-ethyl adjacent to an activating group) is 1. The van der Waals surface area contributed by atoms with Crippen molar-refractivity contribution in [3.05, 3.63) is 167 Å². The number of sulfonamides is 1. The molecule has 1 heterocycles. The number of hydrogen-bond acceptors (Lipinski definition) is 7. The number of carbonyl (C=O) groups is 1. The third kappa shape index (κ3) is 10.0. The van der Waals surface area contributed by atoms with Crippen LogP contribution in [0.3, 0.4) is 0 Å². The van der Waals surface area contributed by atoms with Gasteiger partial charge in [0.1, 0.15) is 6.04 Å². The minimum atomic E-state index is -3.98. The van der Waals surface area contributed by atoms with Crippen LogP contribution in [0.5, 0.6) is 0 Å². The molecule has 3 N–H and O–H groups in total. The lowest BCUT2D eigenvalue weighted by Crippen LogP contribution is -2.45. The number of rotatable bonds is 14. The van der Waals surface area contributed by atoms with Crippen molar-refractivity contribution in [2.45, 2.75) is 62.4 Å². The van der Waals surface area contributed by atoms with Crippen molar-refractivity contribution in [2.75, 3.05) is 18.9 Å². The second-order valence-corrected chi connectivity index (χ2v) is 15.0. The number of aryl methyl sites for hydroxylation is 1. The summed E-state index contributed by atoms with van der Waals surface area (Å²) in [5.41, 5.74) is 6.10. The maximum absolute atomic E-state index is 13.7. The Kier molecular flexibility index (Phi) is 12.3. The van der Waals surface area contributed by atoms with E-state index in [0.717, 1.165) is 34.4 Å². The van der Waals surface area contributed by atoms with Crippen molar-refractivity contribution in [3.63, 3.8) is 0 Å². The SMILES string of the molecule is Cc1ccc(S(=O)(=O)NC(Cc2ccccc2)C(=O)Nc2ccc(C3OC(CN(C)Cc4ccccc4)CC(c4ccc(CO)cc4)O3)cc2)cc1. The van der Waals surface area contributed by atoms with E-state index in [9.17, 15) is 18.3 Å². The van der Waals surface area contributed by atoms with Crippen LogP contribution in [-0.2, 0) is 43.9 Å². The van der Waals surface area contributed by atoms with Crippen LogP contribution in [0.15, 0.2) is 138 Å². The van der Waals surface area contributed by atoms with Gasteiger partial charge in [-0.05, 0) is 66.9 Å². The Bertz CT molecular complexity index is 1990. The molecule has 0 radical (unpaired) electrons. The number of anilines is 1. The number of nitrogens with zero attached hydrogens (tertiary/aromatic N) is 1. The quantitative estimate of drug-likeness (QED) is 0.117. The van der Waals surface area contributed by atoms with Crippen molar-refractivity contribution in [1.29, 1.82) is 0 Å². The summed E-state index contributed by atoms with van der Waals surface area (Å²) in [6, 6.07) is 40.1. The summed E-state index contributed by atoms with van der Waals surface area (Å²) >= 11 is 0. The zero-order valence-corrected chi connectivity index (χ0v) is 30.2. The van der Waals surface area contributed by atoms with Crippen molar-refractivity contribution >= 4 is 21.6 Å². The van der Waals surface area contributed by atoms with Crippen LogP contribution in [0.1, 0.15) is 52.2 Å². The maximum atomic E-state index is 13.7. The molecule has 1 saturated heterocycles. The highest BCUT2D eigenvalue weighted by atomic mass is 32.2. The van der Waals surface area contributed by atoms with E-state index in [0.29, 0.717) is 18.7 Å². The average Bonchev–Trinajstić information content (AvgIpc) is 3.15. The monoisotopic (exact) mass is 719 g/mol. The number of amides is 1. The third-order valence-electron chi connectivity index (χ3n) is 9.10. The second kappa shape index (κ2) is 17.2. The standard InChI is InChI=1S/C42H45N3O6S/c1-30-13-23-38(24-14-30)52(48,49)44-39(25-31-9-5-3-6-10-31)41(47)43-36-21-19-35(20-22-36)42-50-37(28-45(2)27-32-11-7-4-8-12-32)26-40(51-42)34-17-15-33(29-46)16-18-34/h3-24,37,39-40,42,44,46H,25-29H2,1-2H3,(H,43,47). The van der Waals surface area contributed by atoms with Crippen molar-refractivity contribution in [1.82, 2.24) is 9.62 Å². The fourth-order valence-electron chi connectivity index (χ4n) is 6.30. The molecule has 0 bridgehead atoms. The van der Waals surface area contributed by atoms with Gasteiger partial charge in [-0.25, -0.2) is 8.42 Å². The Morgan fingerprint density at radius 1 is 0.788 bits per heavy atom. The summed E-state index contributed by atoms with van der Waals surface area (Å²) in [4.78, 5) is 16.0. The summed E-state index contributed by atoms with van der Waals surface area (Å²) in [5, 5.41) is 12.5. The van der Waals surface area contributed by atoms with E-state index in [1.165, 1.54) is 17.7 Å². The zero-order chi connectivity index (χ0) is 36.5. The van der Waals surface area contributed by atoms with Crippen LogP contribution in [0.2, 0.25) is 0 Å². The van der Waals surface area contributed by atoms with Crippen LogP contribution in [0.25, 0.3) is 0 Å². The van der Waals surface area contributed by atoms with Crippen LogP contribution >= 0.6 is 0 Å². The second-order valence-electron chi connectivity index (χ2n) is 13.3. The molecule has 1 aliphatic rings. The molecule has 4 unspecified atom stereocenters. The van der Waals surface area contributed by atoms with E-state index < -0.39 is 28.3 Å². The molecule has 0 spiro atoms. The van der Waals surface area contributed by atoms with E-state index in [1.54, 1.807) is 24.3 Å². The minimum absolute atomic E-state index is 0.0288. The first-order chi connectivity index (χ1) is 25.1. The van der Waals surface area contributed by atoms with Crippen molar-refractivity contribution < 1.29 is 27.8 Å². The molecule has 5 aromatic rings. The summed E-state index contributed by atoms with van der Waals surface area (Å²) in [6.45, 7) is 3.32. The molecule has 1 amide bonds. The van der Waals surface area contributed by atoms with Crippen LogP contribution < -0.4 is 10.0 Å². The van der Waals surface area contributed by atoms with E-state index in [1.807, 2.05) is 91.9 Å². The number of benzene rings is 5. The van der Waals surface area contributed by atoms with Gasteiger partial charge >= 0.3 is 0 Å². The van der Waals surface area contributed by atoms with Gasteiger partial charge in [-0.3, -0.25) is 9.69 Å². The smallest absolute Gasteiger partial charge is 0.242 e. The first-order valence-corrected chi connectivity index (χ1v) is 18.9. The molecule has 52 heavy (non-hydrogen) atoms. The van der Waals surface area contributed by atoms with Gasteiger partial charge in [-0.1, -0.05) is 115 Å². The van der Waals surface area contributed by atoms with Gasteiger partial charge in [0.25, 0.3) is 0 Å². The lowest BCUT2D eigenvalue weighted by Gasteiger charge is -2.38. The number of carbonyl (C=O) groups excluding carboxylic acids is 1. The van der Waals surface area contributed by atoms with E-state index >= 15 is 0 Å². The number of hydrogen-bond donors (Lipinski definition) is 3. The molecular formula is C42H45N3O6S. The molecule has 0 saturated carbocycles. The topological polar surface area (TPSA) is 117 Å². The van der Waals surface area contributed by atoms with Gasteiger partial charge in [0, 0.05) is 30.8 Å². The third-order valence-corrected chi connectivity index (χ3v) is 10.6. The number of nitrogens with one attached hydrogen (secondary N) is 2. The van der Waals surface area contributed by atoms with Gasteiger partial charge in [-0.15, -0.1) is 0 Å². The molecule has 6 rings (SSSR count). The van der Waals surface area contributed by atoms with Crippen molar-refractivity contribution in [2.24, 2.45) is 0 Å². The molecular weight excluding hydrogens is 675 g/mol. The Labute approximate surface area is 306 Å². The molecule has 9 nitrogen and oxygen atoms in total. The molecule has 0 aromatic heterocycles. The Balaban J connectivity index is 1.17.